The van der Waals surface area contributed by atoms with Crippen LogP contribution in [0.3, 0.4) is 0 Å². The van der Waals surface area contributed by atoms with E-state index < -0.39 is 0 Å². The van der Waals surface area contributed by atoms with Gasteiger partial charge in [-0.2, -0.15) is 0 Å². The molecule has 4 heterocycles. The largest absolute Gasteiger partial charge is 0.342 e. The number of para-hydroxylation sites is 1. The number of nitrogens with zero attached hydrogens (tertiary/aromatic N) is 4. The average molecular weight is 429 g/mol. The zero-order valence-corrected chi connectivity index (χ0v) is 18.2. The van der Waals surface area contributed by atoms with E-state index in [-0.39, 0.29) is 17.7 Å². The van der Waals surface area contributed by atoms with Gasteiger partial charge in [0.25, 0.3) is 5.91 Å². The number of pyridine rings is 2. The van der Waals surface area contributed by atoms with Crippen molar-refractivity contribution in [1.29, 1.82) is 0 Å². The Kier molecular flexibility index (Phi) is 5.84. The number of rotatable bonds is 3. The standard InChI is InChI=1S/C26H28N4O2/c31-25(29-14-4-1-5-15-29)20-10-16-30(17-11-20)26(32)22-18-24(19-8-12-27-13-9-19)28-23-7-3-2-6-21(22)23/h2-3,6-9,12-13,18,20H,1,4-5,10-11,14-17H2. The number of likely N-dealkylation sites (tertiary alicyclic amines) is 2. The average Bonchev–Trinajstić information content (AvgIpc) is 2.88. The van der Waals surface area contributed by atoms with Gasteiger partial charge in [0, 0.05) is 55.4 Å². The van der Waals surface area contributed by atoms with E-state index in [1.807, 2.05) is 52.3 Å². The van der Waals surface area contributed by atoms with E-state index >= 15 is 0 Å². The number of carbonyl (C=O) groups is 2. The van der Waals surface area contributed by atoms with Crippen LogP contribution < -0.4 is 0 Å². The zero-order valence-electron chi connectivity index (χ0n) is 18.2. The summed E-state index contributed by atoms with van der Waals surface area (Å²) in [7, 11) is 0. The minimum atomic E-state index is 0.0165. The number of aromatic nitrogens is 2. The van der Waals surface area contributed by atoms with Crippen molar-refractivity contribution in [1.82, 2.24) is 19.8 Å². The molecule has 0 saturated carbocycles. The van der Waals surface area contributed by atoms with Crippen LogP contribution in [0.1, 0.15) is 42.5 Å². The van der Waals surface area contributed by atoms with Crippen molar-refractivity contribution in [2.45, 2.75) is 32.1 Å². The van der Waals surface area contributed by atoms with Crippen LogP contribution in [0.2, 0.25) is 0 Å². The molecule has 6 heteroatoms. The highest BCUT2D eigenvalue weighted by Gasteiger charge is 2.31. The maximum absolute atomic E-state index is 13.6. The number of hydrogen-bond acceptors (Lipinski definition) is 4. The highest BCUT2D eigenvalue weighted by atomic mass is 16.2. The highest BCUT2D eigenvalue weighted by molar-refractivity contribution is 6.07. The minimum absolute atomic E-state index is 0.0165. The fraction of sp³-hybridized carbons (Fsp3) is 0.385. The van der Waals surface area contributed by atoms with Gasteiger partial charge in [0.05, 0.1) is 16.8 Å². The topological polar surface area (TPSA) is 66.4 Å². The number of fused-ring (bicyclic) bond motifs is 1. The van der Waals surface area contributed by atoms with Crippen LogP contribution in [-0.2, 0) is 4.79 Å². The fourth-order valence-electron chi connectivity index (χ4n) is 4.90. The van der Waals surface area contributed by atoms with E-state index in [1.54, 1.807) is 12.4 Å². The monoisotopic (exact) mass is 428 g/mol. The maximum atomic E-state index is 13.6. The summed E-state index contributed by atoms with van der Waals surface area (Å²) in [5.74, 6) is 0.340. The number of benzene rings is 1. The van der Waals surface area contributed by atoms with Crippen molar-refractivity contribution in [3.05, 3.63) is 60.4 Å². The van der Waals surface area contributed by atoms with Crippen LogP contribution >= 0.6 is 0 Å². The van der Waals surface area contributed by atoms with Gasteiger partial charge < -0.3 is 9.80 Å². The van der Waals surface area contributed by atoms with E-state index in [0.717, 1.165) is 60.9 Å². The summed E-state index contributed by atoms with van der Waals surface area (Å²) in [6.07, 6.45) is 8.38. The second-order valence-electron chi connectivity index (χ2n) is 8.76. The quantitative estimate of drug-likeness (QED) is 0.628. The molecule has 6 nitrogen and oxygen atoms in total. The van der Waals surface area contributed by atoms with E-state index in [0.29, 0.717) is 18.7 Å². The number of amides is 2. The smallest absolute Gasteiger partial charge is 0.254 e. The van der Waals surface area contributed by atoms with Crippen LogP contribution in [0.25, 0.3) is 22.2 Å². The summed E-state index contributed by atoms with van der Waals surface area (Å²) >= 11 is 0. The molecule has 1 aromatic carbocycles. The molecule has 0 radical (unpaired) electrons. The van der Waals surface area contributed by atoms with Gasteiger partial charge in [-0.3, -0.25) is 14.6 Å². The van der Waals surface area contributed by atoms with Crippen LogP contribution in [0, 0.1) is 5.92 Å². The second-order valence-corrected chi connectivity index (χ2v) is 8.76. The predicted molar refractivity (Wildman–Crippen MR) is 124 cm³/mol. The van der Waals surface area contributed by atoms with E-state index in [2.05, 4.69) is 4.98 Å². The number of piperidine rings is 2. The molecule has 3 aromatic rings. The molecule has 32 heavy (non-hydrogen) atoms. The molecule has 2 aliphatic rings. The molecule has 0 N–H and O–H groups in total. The lowest BCUT2D eigenvalue weighted by Gasteiger charge is -2.35. The van der Waals surface area contributed by atoms with E-state index in [1.165, 1.54) is 6.42 Å². The van der Waals surface area contributed by atoms with Gasteiger partial charge in [-0.05, 0) is 56.4 Å². The van der Waals surface area contributed by atoms with Crippen LogP contribution in [-0.4, -0.2) is 57.8 Å². The molecule has 0 unspecified atom stereocenters. The first-order chi connectivity index (χ1) is 15.7. The molecule has 2 amide bonds. The van der Waals surface area contributed by atoms with Gasteiger partial charge in [0.2, 0.25) is 5.91 Å². The Labute approximate surface area is 188 Å². The first kappa shape index (κ1) is 20.6. The van der Waals surface area contributed by atoms with Crippen molar-refractivity contribution in [3.63, 3.8) is 0 Å². The van der Waals surface area contributed by atoms with Gasteiger partial charge in [-0.1, -0.05) is 18.2 Å². The molecule has 2 aromatic heterocycles. The molecule has 164 valence electrons. The lowest BCUT2D eigenvalue weighted by molar-refractivity contribution is -0.137. The van der Waals surface area contributed by atoms with Crippen molar-refractivity contribution in [3.8, 4) is 11.3 Å². The summed E-state index contributed by atoms with van der Waals surface area (Å²) in [5, 5.41) is 0.863. The summed E-state index contributed by atoms with van der Waals surface area (Å²) in [6, 6.07) is 13.5. The normalized spacial score (nSPS) is 17.5. The molecular weight excluding hydrogens is 400 g/mol. The predicted octanol–water partition coefficient (Wildman–Crippen LogP) is 4.16. The molecule has 2 saturated heterocycles. The first-order valence-corrected chi connectivity index (χ1v) is 11.6. The third-order valence-corrected chi connectivity index (χ3v) is 6.72. The molecule has 0 spiro atoms. The maximum Gasteiger partial charge on any atom is 0.254 e. The Morgan fingerprint density at radius 2 is 1.56 bits per heavy atom. The Hall–Kier alpha value is -3.28. The molecule has 2 fully saturated rings. The molecule has 0 bridgehead atoms. The second kappa shape index (κ2) is 9.07. The van der Waals surface area contributed by atoms with Gasteiger partial charge in [-0.25, -0.2) is 4.98 Å². The Morgan fingerprint density at radius 1 is 0.844 bits per heavy atom. The number of hydrogen-bond donors (Lipinski definition) is 0. The summed E-state index contributed by atoms with van der Waals surface area (Å²) in [6.45, 7) is 3.01. The molecule has 5 rings (SSSR count). The summed E-state index contributed by atoms with van der Waals surface area (Å²) in [5.41, 5.74) is 3.18. The third-order valence-electron chi connectivity index (χ3n) is 6.72. The van der Waals surface area contributed by atoms with Crippen molar-refractivity contribution >= 4 is 22.7 Å². The van der Waals surface area contributed by atoms with Gasteiger partial charge >= 0.3 is 0 Å². The Bertz CT molecular complexity index is 1120. The first-order valence-electron chi connectivity index (χ1n) is 11.6. The Balaban J connectivity index is 1.36. The third kappa shape index (κ3) is 4.09. The molecular formula is C26H28N4O2. The van der Waals surface area contributed by atoms with Crippen LogP contribution in [0.5, 0.6) is 0 Å². The molecule has 2 aliphatic heterocycles. The van der Waals surface area contributed by atoms with Gasteiger partial charge in [0.15, 0.2) is 0 Å². The Morgan fingerprint density at radius 3 is 2.31 bits per heavy atom. The van der Waals surface area contributed by atoms with E-state index in [9.17, 15) is 9.59 Å². The van der Waals surface area contributed by atoms with Crippen molar-refractivity contribution < 1.29 is 9.59 Å². The SMILES string of the molecule is O=C(c1cc(-c2ccncc2)nc2ccccc12)N1CCC(C(=O)N2CCCCC2)CC1. The van der Waals surface area contributed by atoms with Gasteiger partial charge in [-0.15, -0.1) is 0 Å². The van der Waals surface area contributed by atoms with Crippen molar-refractivity contribution in [2.75, 3.05) is 26.2 Å². The highest BCUT2D eigenvalue weighted by Crippen LogP contribution is 2.28. The number of carbonyl (C=O) groups excluding carboxylic acids is 2. The van der Waals surface area contributed by atoms with Crippen molar-refractivity contribution in [2.24, 2.45) is 5.92 Å². The van der Waals surface area contributed by atoms with Gasteiger partial charge in [0.1, 0.15) is 0 Å². The lowest BCUT2D eigenvalue weighted by Crippen LogP contribution is -2.45. The van der Waals surface area contributed by atoms with Crippen LogP contribution in [0.4, 0.5) is 0 Å². The molecule has 0 atom stereocenters. The summed E-state index contributed by atoms with van der Waals surface area (Å²) in [4.78, 5) is 39.2. The fourth-order valence-corrected chi connectivity index (χ4v) is 4.90. The summed E-state index contributed by atoms with van der Waals surface area (Å²) < 4.78 is 0. The lowest BCUT2D eigenvalue weighted by atomic mass is 9.93. The zero-order chi connectivity index (χ0) is 21.9. The van der Waals surface area contributed by atoms with Crippen LogP contribution in [0.15, 0.2) is 54.9 Å². The minimum Gasteiger partial charge on any atom is -0.342 e. The molecule has 0 aliphatic carbocycles. The van der Waals surface area contributed by atoms with E-state index in [4.69, 9.17) is 4.98 Å².